The van der Waals surface area contributed by atoms with Gasteiger partial charge in [-0.25, -0.2) is 0 Å². The topological polar surface area (TPSA) is 28.9 Å². The molecule has 0 amide bonds. The molecule has 8 aromatic rings. The Balaban J connectivity index is 1.20. The molecule has 7 aromatic carbocycles. The number of anilines is 6. The van der Waals surface area contributed by atoms with E-state index >= 15 is 0 Å². The van der Waals surface area contributed by atoms with Crippen LogP contribution >= 0.6 is 0 Å². The first-order valence-corrected chi connectivity index (χ1v) is 16.0. The molecular weight excluding hydrogens is 575 g/mol. The van der Waals surface area contributed by atoms with E-state index in [4.69, 9.17) is 9.15 Å². The molecule has 3 aliphatic heterocycles. The number of benzene rings is 7. The summed E-state index contributed by atoms with van der Waals surface area (Å²) in [5.41, 5.74) is 12.7. The Morgan fingerprint density at radius 1 is 0.468 bits per heavy atom. The van der Waals surface area contributed by atoms with E-state index in [1.807, 2.05) is 18.2 Å². The number of rotatable bonds is 2. The van der Waals surface area contributed by atoms with Gasteiger partial charge in [0.2, 0.25) is 0 Å². The van der Waals surface area contributed by atoms with E-state index in [0.717, 1.165) is 50.9 Å². The third kappa shape index (κ3) is 3.43. The maximum absolute atomic E-state index is 6.56. The van der Waals surface area contributed by atoms with Crippen LogP contribution in [-0.4, -0.2) is 6.71 Å². The maximum atomic E-state index is 6.56. The summed E-state index contributed by atoms with van der Waals surface area (Å²) in [6.45, 7) is 0.0236. The van der Waals surface area contributed by atoms with Crippen molar-refractivity contribution >= 4 is 79.0 Å². The van der Waals surface area contributed by atoms with Gasteiger partial charge >= 0.3 is 0 Å². The van der Waals surface area contributed by atoms with Crippen LogP contribution < -0.4 is 30.9 Å². The Hall–Kier alpha value is -6.20. The highest BCUT2D eigenvalue weighted by Crippen LogP contribution is 2.52. The van der Waals surface area contributed by atoms with E-state index < -0.39 is 0 Å². The van der Waals surface area contributed by atoms with Gasteiger partial charge in [-0.2, -0.15) is 0 Å². The van der Waals surface area contributed by atoms with Crippen molar-refractivity contribution in [1.82, 2.24) is 0 Å². The fourth-order valence-corrected chi connectivity index (χ4v) is 8.01. The Labute approximate surface area is 271 Å². The predicted molar refractivity (Wildman–Crippen MR) is 193 cm³/mol. The molecular formula is C42H25BN2O2. The van der Waals surface area contributed by atoms with Crippen LogP contribution in [0.5, 0.6) is 11.5 Å². The van der Waals surface area contributed by atoms with Crippen LogP contribution in [0.4, 0.5) is 34.1 Å². The number of ether oxygens (including phenoxy) is 1. The summed E-state index contributed by atoms with van der Waals surface area (Å²) in [7, 11) is 0. The average Bonchev–Trinajstić information content (AvgIpc) is 3.57. The average molecular weight is 600 g/mol. The highest BCUT2D eigenvalue weighted by atomic mass is 16.5. The van der Waals surface area contributed by atoms with Crippen molar-refractivity contribution in [3.8, 4) is 22.8 Å². The summed E-state index contributed by atoms with van der Waals surface area (Å²) >= 11 is 0. The zero-order chi connectivity index (χ0) is 30.6. The molecule has 47 heavy (non-hydrogen) atoms. The lowest BCUT2D eigenvalue weighted by atomic mass is 9.33. The van der Waals surface area contributed by atoms with Crippen LogP contribution in [0.2, 0.25) is 0 Å². The molecule has 4 nitrogen and oxygen atoms in total. The van der Waals surface area contributed by atoms with Crippen molar-refractivity contribution in [3.63, 3.8) is 0 Å². The van der Waals surface area contributed by atoms with Crippen molar-refractivity contribution in [2.24, 2.45) is 0 Å². The molecule has 0 saturated carbocycles. The zero-order valence-corrected chi connectivity index (χ0v) is 25.2. The summed E-state index contributed by atoms with van der Waals surface area (Å²) < 4.78 is 12.9. The molecule has 4 heterocycles. The van der Waals surface area contributed by atoms with Crippen LogP contribution in [0.25, 0.3) is 33.1 Å². The van der Waals surface area contributed by atoms with Crippen LogP contribution in [0.3, 0.4) is 0 Å². The smallest absolute Gasteiger partial charge is 0.252 e. The molecule has 0 atom stereocenters. The van der Waals surface area contributed by atoms with Gasteiger partial charge in [0, 0.05) is 33.7 Å². The summed E-state index contributed by atoms with van der Waals surface area (Å²) in [4.78, 5) is 4.85. The zero-order valence-electron chi connectivity index (χ0n) is 25.2. The van der Waals surface area contributed by atoms with Gasteiger partial charge in [-0.3, -0.25) is 0 Å². The van der Waals surface area contributed by atoms with E-state index in [1.165, 1.54) is 44.2 Å². The summed E-state index contributed by atoms with van der Waals surface area (Å²) in [6, 6.07) is 54.1. The lowest BCUT2D eigenvalue weighted by Crippen LogP contribution is -2.61. The van der Waals surface area contributed by atoms with Crippen LogP contribution in [-0.2, 0) is 0 Å². The fraction of sp³-hybridized carbons (Fsp3) is 0. The lowest BCUT2D eigenvalue weighted by Gasteiger charge is -2.45. The van der Waals surface area contributed by atoms with Crippen LogP contribution in [0, 0.1) is 0 Å². The van der Waals surface area contributed by atoms with Crippen LogP contribution in [0.1, 0.15) is 0 Å². The molecule has 11 rings (SSSR count). The Morgan fingerprint density at radius 2 is 1.23 bits per heavy atom. The molecule has 218 valence electrons. The SMILES string of the molecule is c1ccc(N2c3cc4ccc(-c5cc6ccccc6o5)cc4cc3B3c4cccc5c4N(c4ccccc4O5)c4cccc2c43)cc1. The number of hydrogen-bond donors (Lipinski definition) is 0. The maximum Gasteiger partial charge on any atom is 0.252 e. The third-order valence-electron chi connectivity index (χ3n) is 9.98. The number of furan rings is 1. The fourth-order valence-electron chi connectivity index (χ4n) is 8.01. The molecule has 0 saturated heterocycles. The van der Waals surface area contributed by atoms with E-state index in [9.17, 15) is 0 Å². The van der Waals surface area contributed by atoms with Gasteiger partial charge in [-0.05, 0) is 93.9 Å². The molecule has 1 aromatic heterocycles. The minimum absolute atomic E-state index is 0.0236. The van der Waals surface area contributed by atoms with E-state index in [-0.39, 0.29) is 6.71 Å². The second kappa shape index (κ2) is 9.18. The standard InChI is InChI=1S/C42H25BN2O2/c1-2-11-30(12-3-1)44-34-15-9-16-35-41(34)43(31-13-8-19-39-42(31)45(35)33-14-5-7-18-38(33)47-39)32-23-29-22-28(21-20-26(29)24-36(32)44)40-25-27-10-4-6-17-37(27)46-40/h1-25H. The molecule has 0 bridgehead atoms. The first-order valence-electron chi connectivity index (χ1n) is 16.0. The third-order valence-corrected chi connectivity index (χ3v) is 9.98. The highest BCUT2D eigenvalue weighted by Gasteiger charge is 2.45. The quantitative estimate of drug-likeness (QED) is 0.185. The predicted octanol–water partition coefficient (Wildman–Crippen LogP) is 9.44. The van der Waals surface area contributed by atoms with Crippen molar-refractivity contribution in [2.45, 2.75) is 0 Å². The van der Waals surface area contributed by atoms with Gasteiger partial charge in [0.15, 0.2) is 11.5 Å². The normalized spacial score (nSPS) is 13.6. The van der Waals surface area contributed by atoms with Gasteiger partial charge in [-0.15, -0.1) is 0 Å². The Bertz CT molecular complexity index is 2560. The van der Waals surface area contributed by atoms with Gasteiger partial charge in [0.1, 0.15) is 11.3 Å². The number of hydrogen-bond acceptors (Lipinski definition) is 4. The summed E-state index contributed by atoms with van der Waals surface area (Å²) in [5, 5.41) is 3.48. The molecule has 0 spiro atoms. The number of para-hydroxylation sites is 5. The molecule has 3 aliphatic rings. The molecule has 0 unspecified atom stereocenters. The number of nitrogens with zero attached hydrogens (tertiary/aromatic N) is 2. The monoisotopic (exact) mass is 600 g/mol. The van der Waals surface area contributed by atoms with Gasteiger partial charge < -0.3 is 19.0 Å². The van der Waals surface area contributed by atoms with Gasteiger partial charge in [-0.1, -0.05) is 84.9 Å². The Kier molecular flexibility index (Phi) is 4.89. The number of fused-ring (bicyclic) bond motifs is 8. The Morgan fingerprint density at radius 3 is 2.15 bits per heavy atom. The van der Waals surface area contributed by atoms with E-state index in [0.29, 0.717) is 0 Å². The van der Waals surface area contributed by atoms with Crippen molar-refractivity contribution in [3.05, 3.63) is 152 Å². The molecule has 0 radical (unpaired) electrons. The van der Waals surface area contributed by atoms with Crippen LogP contribution in [0.15, 0.2) is 156 Å². The first-order chi connectivity index (χ1) is 23.3. The molecule has 0 aliphatic carbocycles. The van der Waals surface area contributed by atoms with E-state index in [1.54, 1.807) is 0 Å². The van der Waals surface area contributed by atoms with Crippen molar-refractivity contribution in [1.29, 1.82) is 0 Å². The molecule has 0 N–H and O–H groups in total. The molecule has 0 fully saturated rings. The second-order valence-electron chi connectivity index (χ2n) is 12.5. The van der Waals surface area contributed by atoms with Gasteiger partial charge in [0.25, 0.3) is 6.71 Å². The highest BCUT2D eigenvalue weighted by molar-refractivity contribution is 7.00. The summed E-state index contributed by atoms with van der Waals surface area (Å²) in [5.74, 6) is 2.64. The van der Waals surface area contributed by atoms with Crippen molar-refractivity contribution < 1.29 is 9.15 Å². The minimum Gasteiger partial charge on any atom is -0.456 e. The lowest BCUT2D eigenvalue weighted by molar-refractivity contribution is 0.477. The second-order valence-corrected chi connectivity index (χ2v) is 12.5. The molecule has 5 heteroatoms. The first kappa shape index (κ1) is 25.0. The summed E-state index contributed by atoms with van der Waals surface area (Å²) in [6.07, 6.45) is 0. The van der Waals surface area contributed by atoms with E-state index in [2.05, 4.69) is 143 Å². The van der Waals surface area contributed by atoms with Crippen molar-refractivity contribution in [2.75, 3.05) is 9.80 Å². The van der Waals surface area contributed by atoms with Gasteiger partial charge in [0.05, 0.1) is 11.4 Å². The largest absolute Gasteiger partial charge is 0.456 e. The minimum atomic E-state index is 0.0236.